The maximum absolute atomic E-state index is 11.5. The van der Waals surface area contributed by atoms with Crippen LogP contribution in [0.15, 0.2) is 29.3 Å². The Morgan fingerprint density at radius 1 is 1.36 bits per heavy atom. The van der Waals surface area contributed by atoms with Gasteiger partial charge < -0.3 is 15.4 Å². The zero-order valence-electron chi connectivity index (χ0n) is 13.0. The van der Waals surface area contributed by atoms with Crippen LogP contribution in [0.5, 0.6) is 5.75 Å². The highest BCUT2D eigenvalue weighted by molar-refractivity contribution is 7.91. The van der Waals surface area contributed by atoms with Crippen molar-refractivity contribution in [3.05, 3.63) is 29.8 Å². The molecule has 1 aliphatic heterocycles. The fraction of sp³-hybridized carbons (Fsp3) is 0.533. The molecule has 1 aromatic carbocycles. The molecule has 1 unspecified atom stereocenters. The van der Waals surface area contributed by atoms with Crippen molar-refractivity contribution >= 4 is 15.8 Å². The van der Waals surface area contributed by atoms with Crippen molar-refractivity contribution in [3.63, 3.8) is 0 Å². The molecule has 22 heavy (non-hydrogen) atoms. The van der Waals surface area contributed by atoms with Crippen LogP contribution < -0.4 is 15.4 Å². The minimum absolute atomic E-state index is 0.0443. The number of methoxy groups -OCH3 is 1. The molecule has 2 N–H and O–H groups in total. The highest BCUT2D eigenvalue weighted by Crippen LogP contribution is 2.12. The number of nitrogens with zero attached hydrogens (tertiary/aromatic N) is 1. The van der Waals surface area contributed by atoms with E-state index in [1.807, 2.05) is 24.3 Å². The predicted octanol–water partition coefficient (Wildman–Crippen LogP) is 0.590. The molecule has 1 aliphatic rings. The lowest BCUT2D eigenvalue weighted by Gasteiger charge is -2.16. The Bertz CT molecular complexity index is 611. The fourth-order valence-corrected chi connectivity index (χ4v) is 4.09. The van der Waals surface area contributed by atoms with E-state index in [4.69, 9.17) is 4.74 Å². The summed E-state index contributed by atoms with van der Waals surface area (Å²) in [5, 5.41) is 6.38. The number of guanidine groups is 1. The normalized spacial score (nSPS) is 20.6. The molecule has 1 fully saturated rings. The molecule has 7 heteroatoms. The van der Waals surface area contributed by atoms with E-state index in [1.54, 1.807) is 14.2 Å². The van der Waals surface area contributed by atoms with Gasteiger partial charge in [-0.25, -0.2) is 8.42 Å². The van der Waals surface area contributed by atoms with Gasteiger partial charge >= 0.3 is 0 Å². The standard InChI is InChI=1S/C15H23N3O3S/c1-16-15(18-13-8-10-22(19,20)11-13)17-9-7-12-3-5-14(21-2)6-4-12/h3-6,13H,7-11H2,1-2H3,(H2,16,17,18). The summed E-state index contributed by atoms with van der Waals surface area (Å²) in [5.41, 5.74) is 1.20. The number of sulfone groups is 1. The molecule has 0 aliphatic carbocycles. The molecule has 2 rings (SSSR count). The average Bonchev–Trinajstić information content (AvgIpc) is 2.85. The monoisotopic (exact) mass is 325 g/mol. The van der Waals surface area contributed by atoms with Gasteiger partial charge in [-0.1, -0.05) is 12.1 Å². The number of benzene rings is 1. The molecular weight excluding hydrogens is 302 g/mol. The molecule has 6 nitrogen and oxygen atoms in total. The molecule has 0 aromatic heterocycles. The first-order chi connectivity index (χ1) is 10.5. The second-order valence-electron chi connectivity index (χ2n) is 5.34. The van der Waals surface area contributed by atoms with Crippen LogP contribution >= 0.6 is 0 Å². The molecule has 0 saturated carbocycles. The van der Waals surface area contributed by atoms with E-state index >= 15 is 0 Å². The smallest absolute Gasteiger partial charge is 0.191 e. The number of hydrogen-bond acceptors (Lipinski definition) is 4. The van der Waals surface area contributed by atoms with Gasteiger partial charge in [-0.05, 0) is 30.5 Å². The fourth-order valence-electron chi connectivity index (χ4n) is 2.41. The molecule has 0 spiro atoms. The molecule has 1 heterocycles. The maximum atomic E-state index is 11.5. The third-order valence-electron chi connectivity index (χ3n) is 3.66. The van der Waals surface area contributed by atoms with Crippen LogP contribution in [0.1, 0.15) is 12.0 Å². The number of rotatable bonds is 5. The van der Waals surface area contributed by atoms with E-state index in [9.17, 15) is 8.42 Å². The van der Waals surface area contributed by atoms with Crippen molar-refractivity contribution in [2.24, 2.45) is 4.99 Å². The summed E-state index contributed by atoms with van der Waals surface area (Å²) in [6.07, 6.45) is 1.50. The van der Waals surface area contributed by atoms with E-state index < -0.39 is 9.84 Å². The highest BCUT2D eigenvalue weighted by atomic mass is 32.2. The van der Waals surface area contributed by atoms with Crippen LogP contribution in [0.2, 0.25) is 0 Å². The van der Waals surface area contributed by atoms with Crippen LogP contribution in [0.25, 0.3) is 0 Å². The number of hydrogen-bond donors (Lipinski definition) is 2. The zero-order chi connectivity index (χ0) is 16.0. The van der Waals surface area contributed by atoms with E-state index in [-0.39, 0.29) is 17.5 Å². The average molecular weight is 325 g/mol. The Balaban J connectivity index is 1.76. The predicted molar refractivity (Wildman–Crippen MR) is 88.3 cm³/mol. The van der Waals surface area contributed by atoms with Crippen LogP contribution in [0.4, 0.5) is 0 Å². The Morgan fingerprint density at radius 2 is 2.09 bits per heavy atom. The first kappa shape index (κ1) is 16.6. The second kappa shape index (κ2) is 7.49. The van der Waals surface area contributed by atoms with E-state index in [1.165, 1.54) is 5.56 Å². The topological polar surface area (TPSA) is 79.8 Å². The third kappa shape index (κ3) is 4.91. The van der Waals surface area contributed by atoms with Crippen molar-refractivity contribution in [3.8, 4) is 5.75 Å². The van der Waals surface area contributed by atoms with Gasteiger partial charge in [0.25, 0.3) is 0 Å². The summed E-state index contributed by atoms with van der Waals surface area (Å²) in [7, 11) is 0.458. The first-order valence-electron chi connectivity index (χ1n) is 7.33. The van der Waals surface area contributed by atoms with Gasteiger partial charge in [0.2, 0.25) is 0 Å². The zero-order valence-corrected chi connectivity index (χ0v) is 13.8. The summed E-state index contributed by atoms with van der Waals surface area (Å²) < 4.78 is 28.0. The van der Waals surface area contributed by atoms with Gasteiger partial charge in [0.05, 0.1) is 18.6 Å². The van der Waals surface area contributed by atoms with Gasteiger partial charge in [-0.2, -0.15) is 0 Å². The van der Waals surface area contributed by atoms with Crippen LogP contribution in [0, 0.1) is 0 Å². The molecule has 1 aromatic rings. The molecule has 0 radical (unpaired) electrons. The highest BCUT2D eigenvalue weighted by Gasteiger charge is 2.28. The largest absolute Gasteiger partial charge is 0.497 e. The van der Waals surface area contributed by atoms with Crippen molar-refractivity contribution in [2.75, 3.05) is 32.2 Å². The molecule has 0 amide bonds. The summed E-state index contributed by atoms with van der Waals surface area (Å²) in [5.74, 6) is 1.94. The number of ether oxygens (including phenoxy) is 1. The SMILES string of the molecule is CN=C(NCCc1ccc(OC)cc1)NC1CCS(=O)(=O)C1. The minimum Gasteiger partial charge on any atom is -0.497 e. The Kier molecular flexibility index (Phi) is 5.65. The Morgan fingerprint density at radius 3 is 2.64 bits per heavy atom. The third-order valence-corrected chi connectivity index (χ3v) is 5.43. The van der Waals surface area contributed by atoms with E-state index in [0.29, 0.717) is 12.4 Å². The van der Waals surface area contributed by atoms with Gasteiger partial charge in [0, 0.05) is 19.6 Å². The van der Waals surface area contributed by atoms with Gasteiger partial charge in [-0.15, -0.1) is 0 Å². The Hall–Kier alpha value is -1.76. The molecule has 122 valence electrons. The summed E-state index contributed by atoms with van der Waals surface area (Å²) in [4.78, 5) is 4.14. The molecule has 0 bridgehead atoms. The van der Waals surface area contributed by atoms with Crippen molar-refractivity contribution in [1.82, 2.24) is 10.6 Å². The molecule has 1 atom stereocenters. The summed E-state index contributed by atoms with van der Waals surface area (Å²) in [6, 6.07) is 7.88. The lowest BCUT2D eigenvalue weighted by molar-refractivity contribution is 0.414. The van der Waals surface area contributed by atoms with E-state index in [2.05, 4.69) is 15.6 Å². The quantitative estimate of drug-likeness (QED) is 0.612. The summed E-state index contributed by atoms with van der Waals surface area (Å²) in [6.45, 7) is 0.728. The molecule has 1 saturated heterocycles. The maximum Gasteiger partial charge on any atom is 0.191 e. The van der Waals surface area contributed by atoms with Gasteiger partial charge in [-0.3, -0.25) is 4.99 Å². The van der Waals surface area contributed by atoms with Crippen LogP contribution in [-0.4, -0.2) is 52.6 Å². The van der Waals surface area contributed by atoms with Gasteiger partial charge in [0.15, 0.2) is 15.8 Å². The van der Waals surface area contributed by atoms with Crippen molar-refractivity contribution < 1.29 is 13.2 Å². The number of nitrogens with one attached hydrogen (secondary N) is 2. The second-order valence-corrected chi connectivity index (χ2v) is 7.57. The Labute approximate surface area is 131 Å². The molecular formula is C15H23N3O3S. The van der Waals surface area contributed by atoms with Crippen molar-refractivity contribution in [2.45, 2.75) is 18.9 Å². The van der Waals surface area contributed by atoms with Crippen LogP contribution in [0.3, 0.4) is 0 Å². The number of aliphatic imine (C=N–C) groups is 1. The van der Waals surface area contributed by atoms with Crippen molar-refractivity contribution in [1.29, 1.82) is 0 Å². The summed E-state index contributed by atoms with van der Waals surface area (Å²) >= 11 is 0. The minimum atomic E-state index is -2.88. The van der Waals surface area contributed by atoms with Crippen LogP contribution in [-0.2, 0) is 16.3 Å². The lowest BCUT2D eigenvalue weighted by Crippen LogP contribution is -2.44. The first-order valence-corrected chi connectivity index (χ1v) is 9.15. The van der Waals surface area contributed by atoms with Gasteiger partial charge in [0.1, 0.15) is 5.75 Å². The van der Waals surface area contributed by atoms with E-state index in [0.717, 1.165) is 18.7 Å². The lowest BCUT2D eigenvalue weighted by atomic mass is 10.1.